The van der Waals surface area contributed by atoms with Crippen LogP contribution in [0.15, 0.2) is 48.5 Å². The number of aliphatic hydroxyl groups excluding tert-OH is 1. The molecule has 24 heavy (non-hydrogen) atoms. The Balaban J connectivity index is 1.97. The number of halogens is 1. The van der Waals surface area contributed by atoms with Crippen molar-refractivity contribution in [2.45, 2.75) is 19.4 Å². The molecule has 0 aliphatic rings. The fourth-order valence-electron chi connectivity index (χ4n) is 2.45. The number of carbonyl (C=O) groups is 1. The van der Waals surface area contributed by atoms with Crippen LogP contribution >= 0.6 is 11.6 Å². The summed E-state index contributed by atoms with van der Waals surface area (Å²) in [6, 6.07) is 14.3. The summed E-state index contributed by atoms with van der Waals surface area (Å²) in [5.74, 6) is 0.485. The lowest BCUT2D eigenvalue weighted by atomic mass is 9.99. The van der Waals surface area contributed by atoms with E-state index < -0.39 is 6.04 Å². The molecular weight excluding hydrogens is 326 g/mol. The van der Waals surface area contributed by atoms with Crippen LogP contribution < -0.4 is 10.1 Å². The Hall–Kier alpha value is -2.04. The summed E-state index contributed by atoms with van der Waals surface area (Å²) in [6.07, 6.45) is 0.620. The third-order valence-corrected chi connectivity index (χ3v) is 4.17. The summed E-state index contributed by atoms with van der Waals surface area (Å²) in [4.78, 5) is 12.4. The SMILES string of the molecule is COc1ccc(CC(C)C(=O)NC(CO)c2ccc(Cl)cc2)cc1. The summed E-state index contributed by atoms with van der Waals surface area (Å²) >= 11 is 5.87. The Bertz CT molecular complexity index is 655. The second-order valence-electron chi connectivity index (χ2n) is 5.75. The summed E-state index contributed by atoms with van der Waals surface area (Å²) in [6.45, 7) is 1.71. The molecule has 0 spiro atoms. The predicted molar refractivity (Wildman–Crippen MR) is 95.3 cm³/mol. The van der Waals surface area contributed by atoms with E-state index in [1.165, 1.54) is 0 Å². The number of benzene rings is 2. The maximum atomic E-state index is 12.4. The average molecular weight is 348 g/mol. The fraction of sp³-hybridized carbons (Fsp3) is 0.316. The molecule has 1 amide bonds. The van der Waals surface area contributed by atoms with E-state index in [0.29, 0.717) is 11.4 Å². The largest absolute Gasteiger partial charge is 0.497 e. The number of aliphatic hydroxyl groups is 1. The van der Waals surface area contributed by atoms with Gasteiger partial charge in [-0.2, -0.15) is 0 Å². The normalized spacial score (nSPS) is 13.2. The standard InChI is InChI=1S/C19H22ClNO3/c1-13(11-14-3-9-17(24-2)10-4-14)19(23)21-18(12-22)15-5-7-16(20)8-6-15/h3-10,13,18,22H,11-12H2,1-2H3,(H,21,23). The zero-order valence-electron chi connectivity index (χ0n) is 13.8. The molecule has 0 aliphatic carbocycles. The molecule has 0 saturated heterocycles. The molecule has 2 rings (SSSR count). The third kappa shape index (κ3) is 4.98. The van der Waals surface area contributed by atoms with Crippen molar-refractivity contribution in [2.75, 3.05) is 13.7 Å². The van der Waals surface area contributed by atoms with Gasteiger partial charge in [-0.1, -0.05) is 42.8 Å². The zero-order chi connectivity index (χ0) is 17.5. The van der Waals surface area contributed by atoms with Gasteiger partial charge in [0.2, 0.25) is 5.91 Å². The van der Waals surface area contributed by atoms with Gasteiger partial charge in [0.05, 0.1) is 19.8 Å². The van der Waals surface area contributed by atoms with Crippen molar-refractivity contribution in [3.8, 4) is 5.75 Å². The van der Waals surface area contributed by atoms with Crippen LogP contribution in [-0.4, -0.2) is 24.7 Å². The van der Waals surface area contributed by atoms with Crippen LogP contribution in [0, 0.1) is 5.92 Å². The van der Waals surface area contributed by atoms with E-state index in [0.717, 1.165) is 16.9 Å². The van der Waals surface area contributed by atoms with E-state index >= 15 is 0 Å². The lowest BCUT2D eigenvalue weighted by molar-refractivity contribution is -0.125. The van der Waals surface area contributed by atoms with E-state index in [2.05, 4.69) is 5.32 Å². The van der Waals surface area contributed by atoms with Gasteiger partial charge in [0.1, 0.15) is 5.75 Å². The van der Waals surface area contributed by atoms with Gasteiger partial charge in [0, 0.05) is 10.9 Å². The third-order valence-electron chi connectivity index (χ3n) is 3.92. The summed E-state index contributed by atoms with van der Waals surface area (Å²) in [5, 5.41) is 13.1. The minimum atomic E-state index is -0.437. The van der Waals surface area contributed by atoms with Gasteiger partial charge < -0.3 is 15.2 Å². The molecule has 0 radical (unpaired) electrons. The van der Waals surface area contributed by atoms with Crippen molar-refractivity contribution in [3.63, 3.8) is 0 Å². The first-order chi connectivity index (χ1) is 11.5. The van der Waals surface area contributed by atoms with Crippen LogP contribution in [0.4, 0.5) is 0 Å². The Morgan fingerprint density at radius 3 is 2.33 bits per heavy atom. The molecule has 2 N–H and O–H groups in total. The first kappa shape index (κ1) is 18.3. The number of amides is 1. The van der Waals surface area contributed by atoms with Crippen LogP contribution in [0.5, 0.6) is 5.75 Å². The Morgan fingerprint density at radius 1 is 1.17 bits per heavy atom. The van der Waals surface area contributed by atoms with Crippen molar-refractivity contribution in [3.05, 3.63) is 64.7 Å². The van der Waals surface area contributed by atoms with Gasteiger partial charge in [0.15, 0.2) is 0 Å². The molecular formula is C19H22ClNO3. The van der Waals surface area contributed by atoms with Gasteiger partial charge in [-0.05, 0) is 41.8 Å². The molecule has 128 valence electrons. The van der Waals surface area contributed by atoms with Gasteiger partial charge in [0.25, 0.3) is 0 Å². The van der Waals surface area contributed by atoms with Gasteiger partial charge in [-0.15, -0.1) is 0 Å². The molecule has 2 unspecified atom stereocenters. The van der Waals surface area contributed by atoms with Crippen LogP contribution in [0.1, 0.15) is 24.1 Å². The number of hydrogen-bond acceptors (Lipinski definition) is 3. The molecule has 0 bridgehead atoms. The van der Waals surface area contributed by atoms with Crippen molar-refractivity contribution in [1.29, 1.82) is 0 Å². The molecule has 2 aromatic rings. The predicted octanol–water partition coefficient (Wildman–Crippen LogP) is 3.38. The monoisotopic (exact) mass is 347 g/mol. The first-order valence-electron chi connectivity index (χ1n) is 7.83. The molecule has 2 aromatic carbocycles. The van der Waals surface area contributed by atoms with Crippen molar-refractivity contribution >= 4 is 17.5 Å². The zero-order valence-corrected chi connectivity index (χ0v) is 14.6. The van der Waals surface area contributed by atoms with Crippen LogP contribution in [0.3, 0.4) is 0 Å². The van der Waals surface area contributed by atoms with Gasteiger partial charge >= 0.3 is 0 Å². The number of nitrogens with one attached hydrogen (secondary N) is 1. The highest BCUT2D eigenvalue weighted by Gasteiger charge is 2.19. The number of carbonyl (C=O) groups excluding carboxylic acids is 1. The van der Waals surface area contributed by atoms with E-state index in [1.807, 2.05) is 31.2 Å². The first-order valence-corrected chi connectivity index (χ1v) is 8.21. The highest BCUT2D eigenvalue weighted by molar-refractivity contribution is 6.30. The minimum absolute atomic E-state index is 0.0974. The molecule has 5 heteroatoms. The number of rotatable bonds is 7. The highest BCUT2D eigenvalue weighted by atomic mass is 35.5. The summed E-state index contributed by atoms with van der Waals surface area (Å²) in [7, 11) is 1.62. The van der Waals surface area contributed by atoms with E-state index in [1.54, 1.807) is 31.4 Å². The molecule has 4 nitrogen and oxygen atoms in total. The summed E-state index contributed by atoms with van der Waals surface area (Å²) in [5.41, 5.74) is 1.89. The van der Waals surface area contributed by atoms with E-state index in [-0.39, 0.29) is 18.4 Å². The van der Waals surface area contributed by atoms with Crippen molar-refractivity contribution in [2.24, 2.45) is 5.92 Å². The molecule has 0 saturated carbocycles. The Labute approximate surface area is 147 Å². The lowest BCUT2D eigenvalue weighted by Gasteiger charge is -2.20. The highest BCUT2D eigenvalue weighted by Crippen LogP contribution is 2.18. The van der Waals surface area contributed by atoms with E-state index in [9.17, 15) is 9.90 Å². The van der Waals surface area contributed by atoms with Crippen molar-refractivity contribution < 1.29 is 14.6 Å². The second kappa shape index (κ2) is 8.71. The van der Waals surface area contributed by atoms with Crippen molar-refractivity contribution in [1.82, 2.24) is 5.32 Å². The fourth-order valence-corrected chi connectivity index (χ4v) is 2.58. The Kier molecular flexibility index (Phi) is 6.64. The van der Waals surface area contributed by atoms with E-state index in [4.69, 9.17) is 16.3 Å². The molecule has 0 heterocycles. The second-order valence-corrected chi connectivity index (χ2v) is 6.18. The quantitative estimate of drug-likeness (QED) is 0.807. The molecule has 0 aromatic heterocycles. The van der Waals surface area contributed by atoms with Crippen LogP contribution in [0.2, 0.25) is 5.02 Å². The van der Waals surface area contributed by atoms with Gasteiger partial charge in [-0.3, -0.25) is 4.79 Å². The maximum Gasteiger partial charge on any atom is 0.223 e. The number of ether oxygens (including phenoxy) is 1. The Morgan fingerprint density at radius 2 is 1.79 bits per heavy atom. The van der Waals surface area contributed by atoms with Crippen LogP contribution in [-0.2, 0) is 11.2 Å². The maximum absolute atomic E-state index is 12.4. The number of methoxy groups -OCH3 is 1. The van der Waals surface area contributed by atoms with Crippen LogP contribution in [0.25, 0.3) is 0 Å². The minimum Gasteiger partial charge on any atom is -0.497 e. The smallest absolute Gasteiger partial charge is 0.223 e. The average Bonchev–Trinajstić information content (AvgIpc) is 2.61. The molecule has 0 fully saturated rings. The topological polar surface area (TPSA) is 58.6 Å². The molecule has 0 aliphatic heterocycles. The van der Waals surface area contributed by atoms with Gasteiger partial charge in [-0.25, -0.2) is 0 Å². The number of hydrogen-bond donors (Lipinski definition) is 2. The lowest BCUT2D eigenvalue weighted by Crippen LogP contribution is -2.35. The molecule has 2 atom stereocenters. The summed E-state index contributed by atoms with van der Waals surface area (Å²) < 4.78 is 5.13.